The molecule has 3 aromatic heterocycles. The second-order valence-electron chi connectivity index (χ2n) is 5.91. The Bertz CT molecular complexity index is 1020. The molecule has 3 rings (SSSR count). The van der Waals surface area contributed by atoms with E-state index in [2.05, 4.69) is 32.1 Å². The number of nitrogens with one attached hydrogen (secondary N) is 1. The third kappa shape index (κ3) is 5.74. The zero-order valence-electron chi connectivity index (χ0n) is 16.3. The number of aromatic nitrogens is 5. The molecule has 0 spiro atoms. The number of carbonyl (C=O) groups excluding carboxylic acids is 2. The van der Waals surface area contributed by atoms with Crippen molar-refractivity contribution < 1.29 is 14.3 Å². The van der Waals surface area contributed by atoms with Crippen LogP contribution in [0.3, 0.4) is 0 Å². The van der Waals surface area contributed by atoms with Gasteiger partial charge in [-0.25, -0.2) is 4.98 Å². The van der Waals surface area contributed by atoms with Gasteiger partial charge < -0.3 is 10.1 Å². The van der Waals surface area contributed by atoms with E-state index in [1.54, 1.807) is 30.8 Å². The zero-order chi connectivity index (χ0) is 21.3. The molecule has 0 bridgehead atoms. The summed E-state index contributed by atoms with van der Waals surface area (Å²) in [6, 6.07) is 3.72. The highest BCUT2D eigenvalue weighted by Gasteiger charge is 2.16. The number of amides is 1. The van der Waals surface area contributed by atoms with Gasteiger partial charge in [-0.2, -0.15) is 0 Å². The molecule has 3 heterocycles. The summed E-state index contributed by atoms with van der Waals surface area (Å²) < 4.78 is 6.78. The number of ether oxygens (including phenoxy) is 1. The lowest BCUT2D eigenvalue weighted by Crippen LogP contribution is -2.15. The Morgan fingerprint density at radius 1 is 1.40 bits per heavy atom. The number of allylic oxidation sites excluding steroid dienone is 1. The van der Waals surface area contributed by atoms with Gasteiger partial charge in [-0.3, -0.25) is 19.1 Å². The number of esters is 1. The van der Waals surface area contributed by atoms with E-state index in [1.165, 1.54) is 23.1 Å². The maximum Gasteiger partial charge on any atom is 0.311 e. The van der Waals surface area contributed by atoms with Crippen molar-refractivity contribution in [3.05, 3.63) is 48.3 Å². The fourth-order valence-electron chi connectivity index (χ4n) is 2.49. The molecule has 0 aromatic carbocycles. The number of thioether (sulfide) groups is 1. The molecule has 0 aliphatic carbocycles. The highest BCUT2D eigenvalue weighted by molar-refractivity contribution is 7.99. The molecule has 0 atom stereocenters. The third-order valence-corrected chi connectivity index (χ3v) is 5.48. The van der Waals surface area contributed by atoms with E-state index < -0.39 is 0 Å². The number of hydrogen-bond acceptors (Lipinski definition) is 9. The number of nitrogens with zero attached hydrogens (tertiary/aromatic N) is 5. The van der Waals surface area contributed by atoms with Gasteiger partial charge in [0.2, 0.25) is 5.91 Å². The van der Waals surface area contributed by atoms with E-state index in [-0.39, 0.29) is 24.1 Å². The predicted octanol–water partition coefficient (Wildman–Crippen LogP) is 2.82. The van der Waals surface area contributed by atoms with E-state index in [9.17, 15) is 9.59 Å². The molecule has 3 aromatic rings. The Morgan fingerprint density at radius 2 is 2.27 bits per heavy atom. The predicted molar refractivity (Wildman–Crippen MR) is 115 cm³/mol. The molecular weight excluding hydrogens is 424 g/mol. The summed E-state index contributed by atoms with van der Waals surface area (Å²) in [5.74, 6) is 0.222. The molecule has 9 nitrogen and oxygen atoms in total. The van der Waals surface area contributed by atoms with E-state index in [1.807, 2.05) is 16.7 Å². The Morgan fingerprint density at radius 3 is 3.00 bits per heavy atom. The second kappa shape index (κ2) is 10.6. The minimum Gasteiger partial charge on any atom is -0.466 e. The molecule has 156 valence electrons. The average molecular weight is 445 g/mol. The fourth-order valence-corrected chi connectivity index (χ4v) is 3.96. The van der Waals surface area contributed by atoms with Gasteiger partial charge in [0.15, 0.2) is 16.1 Å². The van der Waals surface area contributed by atoms with Gasteiger partial charge in [-0.15, -0.1) is 28.1 Å². The summed E-state index contributed by atoms with van der Waals surface area (Å²) in [4.78, 5) is 32.2. The smallest absolute Gasteiger partial charge is 0.311 e. The summed E-state index contributed by atoms with van der Waals surface area (Å²) in [5.41, 5.74) is 1.40. The van der Waals surface area contributed by atoms with Crippen molar-refractivity contribution in [2.75, 3.05) is 17.7 Å². The summed E-state index contributed by atoms with van der Waals surface area (Å²) in [5, 5.41) is 13.9. The quantitative estimate of drug-likeness (QED) is 0.289. The molecule has 0 saturated carbocycles. The van der Waals surface area contributed by atoms with Gasteiger partial charge in [0.1, 0.15) is 0 Å². The van der Waals surface area contributed by atoms with Crippen LogP contribution in [0.2, 0.25) is 0 Å². The van der Waals surface area contributed by atoms with E-state index in [4.69, 9.17) is 4.74 Å². The topological polar surface area (TPSA) is 112 Å². The number of pyridine rings is 1. The van der Waals surface area contributed by atoms with Crippen LogP contribution < -0.4 is 5.32 Å². The summed E-state index contributed by atoms with van der Waals surface area (Å²) in [6.07, 6.45) is 5.22. The van der Waals surface area contributed by atoms with Crippen molar-refractivity contribution >= 4 is 40.1 Å². The summed E-state index contributed by atoms with van der Waals surface area (Å²) in [6.45, 7) is 6.35. The number of hydrogen-bond donors (Lipinski definition) is 1. The van der Waals surface area contributed by atoms with Crippen LogP contribution in [0.5, 0.6) is 0 Å². The first-order valence-electron chi connectivity index (χ1n) is 9.07. The standard InChI is InChI=1S/C19H20N6O3S2/c1-3-8-25-17(13-6-5-7-20-10-13)23-24-19(25)30-12-15(26)22-18-21-14(11-29-18)9-16(27)28-4-2/h3,5-7,10-11H,1,4,8-9,12H2,2H3,(H,21,22,26). The van der Waals surface area contributed by atoms with Crippen LogP contribution in [-0.2, 0) is 27.3 Å². The van der Waals surface area contributed by atoms with Gasteiger partial charge in [-0.1, -0.05) is 17.8 Å². The number of anilines is 1. The molecule has 0 aliphatic heterocycles. The molecular formula is C19H20N6O3S2. The van der Waals surface area contributed by atoms with Crippen molar-refractivity contribution in [3.63, 3.8) is 0 Å². The minimum absolute atomic E-state index is 0.0801. The number of rotatable bonds is 10. The lowest BCUT2D eigenvalue weighted by molar-refractivity contribution is -0.142. The van der Waals surface area contributed by atoms with Crippen molar-refractivity contribution in [2.45, 2.75) is 25.0 Å². The van der Waals surface area contributed by atoms with Gasteiger partial charge in [-0.05, 0) is 19.1 Å². The van der Waals surface area contributed by atoms with Gasteiger partial charge >= 0.3 is 5.97 Å². The zero-order valence-corrected chi connectivity index (χ0v) is 17.9. The first-order chi connectivity index (χ1) is 14.6. The lowest BCUT2D eigenvalue weighted by atomic mass is 10.3. The highest BCUT2D eigenvalue weighted by atomic mass is 32.2. The Kier molecular flexibility index (Phi) is 7.69. The van der Waals surface area contributed by atoms with Crippen molar-refractivity contribution in [1.29, 1.82) is 0 Å². The van der Waals surface area contributed by atoms with Crippen LogP contribution in [0.1, 0.15) is 12.6 Å². The molecule has 0 radical (unpaired) electrons. The van der Waals surface area contributed by atoms with Crippen LogP contribution >= 0.6 is 23.1 Å². The molecule has 0 aliphatic rings. The first-order valence-corrected chi connectivity index (χ1v) is 10.9. The molecule has 30 heavy (non-hydrogen) atoms. The normalized spacial score (nSPS) is 10.6. The van der Waals surface area contributed by atoms with Gasteiger partial charge in [0.05, 0.1) is 24.5 Å². The Hall–Kier alpha value is -3.05. The molecule has 11 heteroatoms. The number of thiazole rings is 1. The van der Waals surface area contributed by atoms with Crippen LogP contribution in [0.25, 0.3) is 11.4 Å². The highest BCUT2D eigenvalue weighted by Crippen LogP contribution is 2.24. The molecule has 1 N–H and O–H groups in total. The maximum atomic E-state index is 12.3. The van der Waals surface area contributed by atoms with E-state index in [0.717, 1.165) is 5.56 Å². The Balaban J connectivity index is 1.60. The Labute approximate surface area is 181 Å². The minimum atomic E-state index is -0.345. The van der Waals surface area contributed by atoms with Crippen LogP contribution in [0, 0.1) is 0 Å². The first kappa shape index (κ1) is 21.7. The summed E-state index contributed by atoms with van der Waals surface area (Å²) >= 11 is 2.52. The fraction of sp³-hybridized carbons (Fsp3) is 0.263. The summed E-state index contributed by atoms with van der Waals surface area (Å²) in [7, 11) is 0. The van der Waals surface area contributed by atoms with E-state index >= 15 is 0 Å². The molecule has 0 saturated heterocycles. The second-order valence-corrected chi connectivity index (χ2v) is 7.71. The molecule has 0 unspecified atom stereocenters. The maximum absolute atomic E-state index is 12.3. The third-order valence-electron chi connectivity index (χ3n) is 3.71. The van der Waals surface area contributed by atoms with Crippen molar-refractivity contribution in [3.8, 4) is 11.4 Å². The SMILES string of the molecule is C=CCn1c(SCC(=O)Nc2nc(CC(=O)OCC)cs2)nnc1-c1cccnc1. The van der Waals surface area contributed by atoms with Gasteiger partial charge in [0, 0.05) is 29.9 Å². The lowest BCUT2D eigenvalue weighted by Gasteiger charge is -2.07. The van der Waals surface area contributed by atoms with Crippen molar-refractivity contribution in [1.82, 2.24) is 24.7 Å². The van der Waals surface area contributed by atoms with Gasteiger partial charge in [0.25, 0.3) is 0 Å². The van der Waals surface area contributed by atoms with Crippen LogP contribution in [0.4, 0.5) is 5.13 Å². The van der Waals surface area contributed by atoms with Crippen LogP contribution in [-0.4, -0.2) is 49.0 Å². The molecule has 0 fully saturated rings. The monoisotopic (exact) mass is 444 g/mol. The number of carbonyl (C=O) groups is 2. The average Bonchev–Trinajstić information content (AvgIpc) is 3.34. The van der Waals surface area contributed by atoms with Crippen LogP contribution in [0.15, 0.2) is 47.7 Å². The van der Waals surface area contributed by atoms with E-state index in [0.29, 0.717) is 35.0 Å². The largest absolute Gasteiger partial charge is 0.466 e. The molecule has 1 amide bonds. The van der Waals surface area contributed by atoms with Crippen molar-refractivity contribution in [2.24, 2.45) is 0 Å².